The van der Waals surface area contributed by atoms with Crippen molar-refractivity contribution < 1.29 is 0 Å². The molecule has 0 bridgehead atoms. The van der Waals surface area contributed by atoms with Crippen molar-refractivity contribution >= 4 is 22.4 Å². The lowest BCUT2D eigenvalue weighted by atomic mass is 9.67. The Morgan fingerprint density at radius 3 is 1.52 bits per heavy atom. The number of hydrogen-bond donors (Lipinski definition) is 0. The fourth-order valence-electron chi connectivity index (χ4n) is 7.34. The molecule has 9 rings (SSSR count). The van der Waals surface area contributed by atoms with Crippen LogP contribution in [0.4, 0.5) is 0 Å². The molecule has 7 aromatic carbocycles. The van der Waals surface area contributed by atoms with Gasteiger partial charge in [-0.2, -0.15) is 0 Å². The highest BCUT2D eigenvalue weighted by atomic mass is 35.5. The zero-order valence-electron chi connectivity index (χ0n) is 25.9. The van der Waals surface area contributed by atoms with Crippen LogP contribution in [0.1, 0.15) is 22.3 Å². The molecule has 0 aliphatic heterocycles. The zero-order valence-corrected chi connectivity index (χ0v) is 26.6. The lowest BCUT2D eigenvalue weighted by Gasteiger charge is -2.34. The highest BCUT2D eigenvalue weighted by Crippen LogP contribution is 2.57. The van der Waals surface area contributed by atoms with Crippen molar-refractivity contribution in [2.45, 2.75) is 5.41 Å². The average molecular weight is 634 g/mol. The Bertz CT molecular complexity index is 2380. The molecule has 1 aromatic heterocycles. The molecular weight excluding hydrogens is 606 g/mol. The molecule has 8 aromatic rings. The Hall–Kier alpha value is -5.90. The molecule has 1 atom stereocenters. The predicted molar refractivity (Wildman–Crippen MR) is 196 cm³/mol. The second-order valence-corrected chi connectivity index (χ2v) is 12.6. The average Bonchev–Trinajstić information content (AvgIpc) is 3.47. The van der Waals surface area contributed by atoms with Crippen molar-refractivity contribution in [3.05, 3.63) is 197 Å². The first kappa shape index (κ1) is 28.3. The van der Waals surface area contributed by atoms with Gasteiger partial charge in [-0.15, -0.1) is 0 Å². The van der Waals surface area contributed by atoms with E-state index in [9.17, 15) is 0 Å². The summed E-state index contributed by atoms with van der Waals surface area (Å²) in [6.45, 7) is 0. The van der Waals surface area contributed by atoms with Gasteiger partial charge < -0.3 is 0 Å². The Morgan fingerprint density at radius 1 is 0.396 bits per heavy atom. The first-order valence-corrected chi connectivity index (χ1v) is 16.4. The molecule has 1 aliphatic rings. The van der Waals surface area contributed by atoms with Crippen LogP contribution < -0.4 is 0 Å². The third kappa shape index (κ3) is 4.47. The second kappa shape index (κ2) is 11.4. The van der Waals surface area contributed by atoms with E-state index < -0.39 is 5.41 Å². The summed E-state index contributed by atoms with van der Waals surface area (Å²) in [5, 5.41) is 3.20. The number of nitrogens with zero attached hydrogens (tertiary/aromatic N) is 3. The largest absolute Gasteiger partial charge is 0.208 e. The van der Waals surface area contributed by atoms with E-state index in [2.05, 4.69) is 97.1 Å². The molecule has 0 saturated heterocycles. The van der Waals surface area contributed by atoms with E-state index in [0.29, 0.717) is 22.5 Å². The second-order valence-electron chi connectivity index (χ2n) is 12.1. The summed E-state index contributed by atoms with van der Waals surface area (Å²) in [6, 6.07) is 59.3. The van der Waals surface area contributed by atoms with E-state index in [1.165, 1.54) is 38.6 Å². The van der Waals surface area contributed by atoms with Gasteiger partial charge in [0, 0.05) is 21.7 Å². The summed E-state index contributed by atoms with van der Waals surface area (Å²) >= 11 is 6.47. The molecule has 226 valence electrons. The topological polar surface area (TPSA) is 38.7 Å². The Kier molecular flexibility index (Phi) is 6.74. The summed E-state index contributed by atoms with van der Waals surface area (Å²) in [6.07, 6.45) is 0. The van der Waals surface area contributed by atoms with E-state index in [1.54, 1.807) is 0 Å². The molecule has 3 nitrogen and oxygen atoms in total. The van der Waals surface area contributed by atoms with Crippen LogP contribution in [0.3, 0.4) is 0 Å². The van der Waals surface area contributed by atoms with Gasteiger partial charge in [0.2, 0.25) is 0 Å². The van der Waals surface area contributed by atoms with Crippen molar-refractivity contribution in [2.75, 3.05) is 0 Å². The summed E-state index contributed by atoms with van der Waals surface area (Å²) < 4.78 is 0. The van der Waals surface area contributed by atoms with Gasteiger partial charge >= 0.3 is 0 Å². The standard InChI is InChI=1S/C44H28ClN3/c45-35-26-24-34(25-27-35)44(38-18-10-9-17-37(38)40-36-16-8-7-11-29(36)21-28-39(40)44)33-22-19-32(20-23-33)43-47-41(30-12-3-1-4-13-30)46-42(48-43)31-14-5-2-6-15-31/h1-28H. The molecule has 0 fully saturated rings. The fraction of sp³-hybridized carbons (Fsp3) is 0.0227. The summed E-state index contributed by atoms with van der Waals surface area (Å²) in [7, 11) is 0. The van der Waals surface area contributed by atoms with Gasteiger partial charge in [0.1, 0.15) is 0 Å². The van der Waals surface area contributed by atoms with Gasteiger partial charge in [-0.25, -0.2) is 15.0 Å². The van der Waals surface area contributed by atoms with Crippen LogP contribution >= 0.6 is 11.6 Å². The van der Waals surface area contributed by atoms with Crippen LogP contribution in [-0.4, -0.2) is 15.0 Å². The fourth-order valence-corrected chi connectivity index (χ4v) is 7.47. The number of fused-ring (bicyclic) bond motifs is 5. The smallest absolute Gasteiger partial charge is 0.164 e. The number of halogens is 1. The minimum Gasteiger partial charge on any atom is -0.208 e. The first-order chi connectivity index (χ1) is 23.7. The van der Waals surface area contributed by atoms with E-state index in [4.69, 9.17) is 26.6 Å². The van der Waals surface area contributed by atoms with Crippen LogP contribution in [0.25, 0.3) is 56.1 Å². The highest BCUT2D eigenvalue weighted by Gasteiger charge is 2.46. The lowest BCUT2D eigenvalue weighted by Crippen LogP contribution is -2.28. The molecule has 0 spiro atoms. The minimum absolute atomic E-state index is 0.553. The Labute approximate surface area is 284 Å². The highest BCUT2D eigenvalue weighted by molar-refractivity contribution is 6.30. The van der Waals surface area contributed by atoms with Gasteiger partial charge in [-0.1, -0.05) is 169 Å². The molecule has 0 N–H and O–H groups in total. The quantitative estimate of drug-likeness (QED) is 0.189. The molecule has 1 aliphatic carbocycles. The van der Waals surface area contributed by atoms with Crippen molar-refractivity contribution in [1.29, 1.82) is 0 Å². The Balaban J connectivity index is 1.26. The minimum atomic E-state index is -0.553. The number of aromatic nitrogens is 3. The summed E-state index contributed by atoms with van der Waals surface area (Å²) in [5.74, 6) is 1.92. The molecule has 0 radical (unpaired) electrons. The maximum Gasteiger partial charge on any atom is 0.164 e. The monoisotopic (exact) mass is 633 g/mol. The van der Waals surface area contributed by atoms with Gasteiger partial charge in [0.05, 0.1) is 5.41 Å². The molecule has 0 saturated carbocycles. The van der Waals surface area contributed by atoms with Gasteiger partial charge in [0.15, 0.2) is 17.5 Å². The first-order valence-electron chi connectivity index (χ1n) is 16.1. The molecule has 1 unspecified atom stereocenters. The summed E-state index contributed by atoms with van der Waals surface area (Å²) in [5.41, 5.74) is 9.64. The Morgan fingerprint density at radius 2 is 0.896 bits per heavy atom. The normalized spacial score (nSPS) is 14.9. The molecule has 4 heteroatoms. The third-order valence-corrected chi connectivity index (χ3v) is 9.74. The molecular formula is C44H28ClN3. The number of hydrogen-bond acceptors (Lipinski definition) is 3. The van der Waals surface area contributed by atoms with Crippen molar-refractivity contribution in [3.63, 3.8) is 0 Å². The van der Waals surface area contributed by atoms with Gasteiger partial charge in [-0.05, 0) is 56.3 Å². The zero-order chi connectivity index (χ0) is 32.1. The van der Waals surface area contributed by atoms with Crippen LogP contribution in [0.15, 0.2) is 170 Å². The lowest BCUT2D eigenvalue weighted by molar-refractivity contribution is 0.769. The van der Waals surface area contributed by atoms with Crippen molar-refractivity contribution in [2.24, 2.45) is 0 Å². The van der Waals surface area contributed by atoms with Crippen LogP contribution in [0.2, 0.25) is 5.02 Å². The van der Waals surface area contributed by atoms with Crippen LogP contribution in [-0.2, 0) is 5.41 Å². The predicted octanol–water partition coefficient (Wildman–Crippen LogP) is 11.0. The van der Waals surface area contributed by atoms with Gasteiger partial charge in [-0.3, -0.25) is 0 Å². The van der Waals surface area contributed by atoms with Gasteiger partial charge in [0.25, 0.3) is 0 Å². The van der Waals surface area contributed by atoms with E-state index in [1.807, 2.05) is 72.8 Å². The van der Waals surface area contributed by atoms with Crippen molar-refractivity contribution in [1.82, 2.24) is 15.0 Å². The van der Waals surface area contributed by atoms with Crippen molar-refractivity contribution in [3.8, 4) is 45.3 Å². The maximum absolute atomic E-state index is 6.47. The summed E-state index contributed by atoms with van der Waals surface area (Å²) in [4.78, 5) is 14.8. The molecule has 0 amide bonds. The van der Waals surface area contributed by atoms with Crippen LogP contribution in [0, 0.1) is 0 Å². The maximum atomic E-state index is 6.47. The van der Waals surface area contributed by atoms with Crippen LogP contribution in [0.5, 0.6) is 0 Å². The number of rotatable bonds is 5. The molecule has 48 heavy (non-hydrogen) atoms. The number of benzene rings is 7. The van der Waals surface area contributed by atoms with E-state index in [0.717, 1.165) is 22.3 Å². The third-order valence-electron chi connectivity index (χ3n) is 9.49. The SMILES string of the molecule is Clc1ccc(C2(c3ccc(-c4nc(-c5ccccc5)nc(-c5ccccc5)n4)cc3)c3ccccc3-c3c2ccc2ccccc32)cc1. The molecule has 1 heterocycles. The van der Waals surface area contributed by atoms with E-state index >= 15 is 0 Å². The van der Waals surface area contributed by atoms with E-state index in [-0.39, 0.29) is 0 Å².